The van der Waals surface area contributed by atoms with Crippen LogP contribution in [0.4, 0.5) is 0 Å². The Morgan fingerprint density at radius 2 is 1.45 bits per heavy atom. The van der Waals surface area contributed by atoms with Gasteiger partial charge in [0.05, 0.1) is 12.7 Å². The minimum Gasteiger partial charge on any atom is -0.508 e. The lowest BCUT2D eigenvalue weighted by atomic mass is 10.0. The molecule has 1 aromatic rings. The molecule has 5 atom stereocenters. The van der Waals surface area contributed by atoms with Gasteiger partial charge in [-0.2, -0.15) is 0 Å². The van der Waals surface area contributed by atoms with Crippen LogP contribution in [0.25, 0.3) is 0 Å². The smallest absolute Gasteiger partial charge is 0.325 e. The van der Waals surface area contributed by atoms with Gasteiger partial charge in [0.25, 0.3) is 0 Å². The van der Waals surface area contributed by atoms with Crippen molar-refractivity contribution >= 4 is 23.7 Å². The van der Waals surface area contributed by atoms with Crippen LogP contribution in [-0.4, -0.2) is 81.0 Å². The topological polar surface area (TPSA) is 211 Å². The monoisotopic (exact) mass is 440 g/mol. The molecule has 0 bridgehead atoms. The van der Waals surface area contributed by atoms with Gasteiger partial charge in [0.2, 0.25) is 17.7 Å². The van der Waals surface area contributed by atoms with E-state index in [-0.39, 0.29) is 12.2 Å². The molecule has 0 fully saturated rings. The second kappa shape index (κ2) is 11.8. The number of aromatic hydroxyl groups is 1. The largest absolute Gasteiger partial charge is 0.508 e. The van der Waals surface area contributed by atoms with Crippen LogP contribution in [0.2, 0.25) is 0 Å². The van der Waals surface area contributed by atoms with Gasteiger partial charge in [-0.3, -0.25) is 19.2 Å². The summed E-state index contributed by atoms with van der Waals surface area (Å²) in [5.74, 6) is -3.91. The molecule has 9 N–H and O–H groups in total. The van der Waals surface area contributed by atoms with E-state index in [1.165, 1.54) is 38.1 Å². The maximum absolute atomic E-state index is 12.7. The third kappa shape index (κ3) is 8.20. The first-order valence-electron chi connectivity index (χ1n) is 9.42. The van der Waals surface area contributed by atoms with Crippen LogP contribution < -0.4 is 21.7 Å². The van der Waals surface area contributed by atoms with Gasteiger partial charge in [0.15, 0.2) is 0 Å². The van der Waals surface area contributed by atoms with Crippen LogP contribution in [0.1, 0.15) is 19.4 Å². The van der Waals surface area contributed by atoms with Gasteiger partial charge in [-0.15, -0.1) is 0 Å². The third-order valence-electron chi connectivity index (χ3n) is 4.38. The molecule has 5 unspecified atom stereocenters. The molecule has 0 aliphatic heterocycles. The molecule has 12 nitrogen and oxygen atoms in total. The second-order valence-corrected chi connectivity index (χ2v) is 7.01. The minimum atomic E-state index is -1.47. The lowest BCUT2D eigenvalue weighted by Crippen LogP contribution is -2.59. The molecule has 0 saturated carbocycles. The van der Waals surface area contributed by atoms with Crippen LogP contribution in [0, 0.1) is 0 Å². The average molecular weight is 440 g/mol. The summed E-state index contributed by atoms with van der Waals surface area (Å²) in [5, 5.41) is 44.0. The van der Waals surface area contributed by atoms with Crippen LogP contribution in [0.3, 0.4) is 0 Å². The van der Waals surface area contributed by atoms with E-state index in [4.69, 9.17) is 10.8 Å². The lowest BCUT2D eigenvalue weighted by Gasteiger charge is -2.24. The number of hydrogen-bond donors (Lipinski definition) is 8. The van der Waals surface area contributed by atoms with Crippen LogP contribution in [0.5, 0.6) is 5.75 Å². The van der Waals surface area contributed by atoms with E-state index in [2.05, 4.69) is 16.0 Å². The molecular weight excluding hydrogens is 412 g/mol. The number of carboxylic acid groups (broad SMARTS) is 1. The Hall–Kier alpha value is -3.22. The number of rotatable bonds is 11. The van der Waals surface area contributed by atoms with Crippen molar-refractivity contribution in [2.45, 2.75) is 50.5 Å². The number of aliphatic carboxylic acids is 1. The lowest BCUT2D eigenvalue weighted by molar-refractivity contribution is -0.142. The fourth-order valence-corrected chi connectivity index (χ4v) is 2.41. The summed E-state index contributed by atoms with van der Waals surface area (Å²) < 4.78 is 0. The number of phenols is 1. The fourth-order valence-electron chi connectivity index (χ4n) is 2.41. The molecule has 0 radical (unpaired) electrons. The van der Waals surface area contributed by atoms with Crippen molar-refractivity contribution in [1.82, 2.24) is 16.0 Å². The van der Waals surface area contributed by atoms with E-state index >= 15 is 0 Å². The molecule has 31 heavy (non-hydrogen) atoms. The van der Waals surface area contributed by atoms with E-state index in [0.717, 1.165) is 0 Å². The molecule has 1 aromatic carbocycles. The molecule has 3 amide bonds. The summed E-state index contributed by atoms with van der Waals surface area (Å²) in [6.07, 6.45) is -1.25. The summed E-state index contributed by atoms with van der Waals surface area (Å²) >= 11 is 0. The van der Waals surface area contributed by atoms with Gasteiger partial charge in [-0.25, -0.2) is 0 Å². The standard InChI is InChI=1S/C19H28N4O8/c1-9(19(30)31)21-17(28)14(8-24)23-16(27)13(22-18(29)15(20)10(2)25)7-11-3-5-12(26)6-4-11/h3-6,9-10,13-15,24-26H,7-8,20H2,1-2H3,(H,21,28)(H,22,29)(H,23,27)(H,30,31). The maximum Gasteiger partial charge on any atom is 0.325 e. The molecule has 0 saturated heterocycles. The van der Waals surface area contributed by atoms with E-state index in [1.807, 2.05) is 0 Å². The van der Waals surface area contributed by atoms with Crippen molar-refractivity contribution in [2.24, 2.45) is 5.73 Å². The van der Waals surface area contributed by atoms with Gasteiger partial charge in [0, 0.05) is 6.42 Å². The molecule has 12 heteroatoms. The summed E-state index contributed by atoms with van der Waals surface area (Å²) in [7, 11) is 0. The molecular formula is C19H28N4O8. The highest BCUT2D eigenvalue weighted by Gasteiger charge is 2.30. The minimum absolute atomic E-state index is 0.00511. The first kappa shape index (κ1) is 25.8. The number of aliphatic hydroxyl groups excluding tert-OH is 2. The Morgan fingerprint density at radius 1 is 0.935 bits per heavy atom. The summed E-state index contributed by atoms with van der Waals surface area (Å²) in [5.41, 5.74) is 6.14. The number of hydrogen-bond acceptors (Lipinski definition) is 8. The van der Waals surface area contributed by atoms with Crippen LogP contribution in [-0.2, 0) is 25.6 Å². The zero-order valence-electron chi connectivity index (χ0n) is 17.1. The Morgan fingerprint density at radius 3 is 1.94 bits per heavy atom. The Balaban J connectivity index is 2.99. The highest BCUT2D eigenvalue weighted by atomic mass is 16.4. The Bertz CT molecular complexity index is 784. The van der Waals surface area contributed by atoms with Crippen LogP contribution in [0.15, 0.2) is 24.3 Å². The molecule has 0 spiro atoms. The first-order chi connectivity index (χ1) is 14.5. The predicted molar refractivity (Wildman–Crippen MR) is 108 cm³/mol. The number of phenolic OH excluding ortho intramolecular Hbond substituents is 1. The number of amides is 3. The van der Waals surface area contributed by atoms with Crippen molar-refractivity contribution < 1.29 is 39.6 Å². The summed E-state index contributed by atoms with van der Waals surface area (Å²) in [6.45, 7) is 1.69. The van der Waals surface area contributed by atoms with Crippen molar-refractivity contribution in [3.8, 4) is 5.75 Å². The van der Waals surface area contributed by atoms with Crippen molar-refractivity contribution in [1.29, 1.82) is 0 Å². The Labute approximate surface area is 178 Å². The van der Waals surface area contributed by atoms with Crippen LogP contribution >= 0.6 is 0 Å². The highest BCUT2D eigenvalue weighted by Crippen LogP contribution is 2.12. The highest BCUT2D eigenvalue weighted by molar-refractivity contribution is 5.94. The Kier molecular flexibility index (Phi) is 9.86. The SMILES string of the molecule is CC(NC(=O)C(CO)NC(=O)C(Cc1ccc(O)cc1)NC(=O)C(N)C(C)O)C(=O)O. The molecule has 1 rings (SSSR count). The third-order valence-corrected chi connectivity index (χ3v) is 4.38. The van der Waals surface area contributed by atoms with E-state index in [9.17, 15) is 34.5 Å². The predicted octanol–water partition coefficient (Wildman–Crippen LogP) is -2.81. The van der Waals surface area contributed by atoms with E-state index in [0.29, 0.717) is 5.56 Å². The number of carbonyl (C=O) groups excluding carboxylic acids is 3. The zero-order valence-corrected chi connectivity index (χ0v) is 17.1. The first-order valence-corrected chi connectivity index (χ1v) is 9.42. The van der Waals surface area contributed by atoms with Gasteiger partial charge >= 0.3 is 5.97 Å². The number of carbonyl (C=O) groups is 4. The number of nitrogens with two attached hydrogens (primary N) is 1. The normalized spacial score (nSPS) is 15.6. The van der Waals surface area contributed by atoms with E-state index in [1.54, 1.807) is 0 Å². The number of benzene rings is 1. The average Bonchev–Trinajstić information content (AvgIpc) is 2.71. The fraction of sp³-hybridized carbons (Fsp3) is 0.474. The van der Waals surface area contributed by atoms with Gasteiger partial charge in [-0.1, -0.05) is 12.1 Å². The van der Waals surface area contributed by atoms with Gasteiger partial charge in [-0.05, 0) is 31.5 Å². The quantitative estimate of drug-likeness (QED) is 0.178. The van der Waals surface area contributed by atoms with Crippen molar-refractivity contribution in [3.05, 3.63) is 29.8 Å². The second-order valence-electron chi connectivity index (χ2n) is 7.01. The number of aliphatic hydroxyl groups is 2. The molecule has 172 valence electrons. The summed E-state index contributed by atoms with van der Waals surface area (Å²) in [6, 6.07) is 0.496. The zero-order chi connectivity index (χ0) is 23.7. The van der Waals surface area contributed by atoms with Crippen molar-refractivity contribution in [2.75, 3.05) is 6.61 Å². The van der Waals surface area contributed by atoms with Gasteiger partial charge < -0.3 is 42.1 Å². The molecule has 0 aromatic heterocycles. The number of nitrogens with one attached hydrogen (secondary N) is 3. The molecule has 0 aliphatic carbocycles. The van der Waals surface area contributed by atoms with Crippen molar-refractivity contribution in [3.63, 3.8) is 0 Å². The number of carboxylic acids is 1. The van der Waals surface area contributed by atoms with Gasteiger partial charge in [0.1, 0.15) is 29.9 Å². The summed E-state index contributed by atoms with van der Waals surface area (Å²) in [4.78, 5) is 48.0. The maximum atomic E-state index is 12.7. The molecule has 0 heterocycles. The molecule has 0 aliphatic rings. The van der Waals surface area contributed by atoms with E-state index < -0.39 is 60.6 Å².